The molecule has 1 saturated heterocycles. The molecule has 0 radical (unpaired) electrons. The van der Waals surface area contributed by atoms with Gasteiger partial charge in [-0.05, 0) is 55.3 Å². The molecule has 0 aliphatic carbocycles. The first kappa shape index (κ1) is 20.4. The second-order valence-electron chi connectivity index (χ2n) is 7.38. The number of nitro benzene ring substituents is 1. The molecular weight excluding hydrogens is 403 g/mol. The smallest absolute Gasteiger partial charge is 0.295 e. The Hall–Kier alpha value is -3.88. The van der Waals surface area contributed by atoms with Crippen molar-refractivity contribution in [1.29, 1.82) is 0 Å². The average Bonchev–Trinajstić information content (AvgIpc) is 2.79. The Morgan fingerprint density at radius 1 is 1.16 bits per heavy atom. The molecule has 2 amide bonds. The van der Waals surface area contributed by atoms with Crippen LogP contribution in [0.2, 0.25) is 0 Å². The molecule has 1 aromatic heterocycles. The van der Waals surface area contributed by atoms with Crippen LogP contribution in [0.1, 0.15) is 23.2 Å². The molecule has 1 aliphatic heterocycles. The van der Waals surface area contributed by atoms with Crippen LogP contribution in [0.3, 0.4) is 0 Å². The largest absolute Gasteiger partial charge is 0.338 e. The van der Waals surface area contributed by atoms with E-state index in [0.717, 1.165) is 0 Å². The SMILES string of the molecule is O=C(Nc1ccc([N+](=O)[O-])c2ncccc12)[C@@H]1CCCN(C(=O)c2ccc(F)cc2)C1. The second-order valence-corrected chi connectivity index (χ2v) is 7.38. The third-order valence-electron chi connectivity index (χ3n) is 5.37. The van der Waals surface area contributed by atoms with Crippen molar-refractivity contribution in [2.75, 3.05) is 18.4 Å². The third kappa shape index (κ3) is 4.20. The van der Waals surface area contributed by atoms with Crippen molar-refractivity contribution in [2.45, 2.75) is 12.8 Å². The van der Waals surface area contributed by atoms with Gasteiger partial charge in [0, 0.05) is 36.3 Å². The molecule has 2 heterocycles. The number of carbonyl (C=O) groups is 2. The first-order valence-corrected chi connectivity index (χ1v) is 9.82. The van der Waals surface area contributed by atoms with Gasteiger partial charge in [0.25, 0.3) is 11.6 Å². The number of non-ortho nitro benzene ring substituents is 1. The van der Waals surface area contributed by atoms with Crippen LogP contribution in [0.25, 0.3) is 10.9 Å². The maximum absolute atomic E-state index is 13.1. The van der Waals surface area contributed by atoms with Gasteiger partial charge < -0.3 is 10.2 Å². The van der Waals surface area contributed by atoms with E-state index in [-0.39, 0.29) is 29.6 Å². The second kappa shape index (κ2) is 8.47. The van der Waals surface area contributed by atoms with Crippen molar-refractivity contribution >= 4 is 34.1 Å². The number of fused-ring (bicyclic) bond motifs is 1. The summed E-state index contributed by atoms with van der Waals surface area (Å²) in [6, 6.07) is 11.4. The zero-order valence-electron chi connectivity index (χ0n) is 16.5. The Morgan fingerprint density at radius 2 is 1.94 bits per heavy atom. The number of halogens is 1. The lowest BCUT2D eigenvalue weighted by molar-refractivity contribution is -0.383. The Morgan fingerprint density at radius 3 is 2.68 bits per heavy atom. The van der Waals surface area contributed by atoms with Gasteiger partial charge in [-0.15, -0.1) is 0 Å². The number of carbonyl (C=O) groups excluding carboxylic acids is 2. The fraction of sp³-hybridized carbons (Fsp3) is 0.227. The molecule has 1 atom stereocenters. The highest BCUT2D eigenvalue weighted by molar-refractivity contribution is 6.04. The summed E-state index contributed by atoms with van der Waals surface area (Å²) >= 11 is 0. The van der Waals surface area contributed by atoms with Crippen molar-refractivity contribution in [3.63, 3.8) is 0 Å². The lowest BCUT2D eigenvalue weighted by Crippen LogP contribution is -2.43. The maximum Gasteiger partial charge on any atom is 0.295 e. The van der Waals surface area contributed by atoms with Crippen molar-refractivity contribution in [3.05, 3.63) is 76.2 Å². The Balaban J connectivity index is 1.51. The fourth-order valence-electron chi connectivity index (χ4n) is 3.80. The summed E-state index contributed by atoms with van der Waals surface area (Å²) in [5.74, 6) is -1.37. The van der Waals surface area contributed by atoms with Crippen LogP contribution in [0.15, 0.2) is 54.7 Å². The van der Waals surface area contributed by atoms with Crippen molar-refractivity contribution in [1.82, 2.24) is 9.88 Å². The summed E-state index contributed by atoms with van der Waals surface area (Å²) in [4.78, 5) is 42.1. The molecule has 1 aliphatic rings. The summed E-state index contributed by atoms with van der Waals surface area (Å²) in [6.45, 7) is 0.760. The standard InChI is InChI=1S/C22H19FN4O4/c23-16-7-5-14(6-8-16)22(29)26-12-2-3-15(13-26)21(28)25-18-9-10-19(27(30)31)20-17(18)4-1-11-24-20/h1,4-11,15H,2-3,12-13H2,(H,25,28)/t15-/m1/s1. The molecule has 9 heteroatoms. The molecule has 158 valence electrons. The monoisotopic (exact) mass is 422 g/mol. The van der Waals surface area contributed by atoms with E-state index in [9.17, 15) is 24.1 Å². The lowest BCUT2D eigenvalue weighted by atomic mass is 9.96. The molecule has 0 saturated carbocycles. The van der Waals surface area contributed by atoms with Gasteiger partial charge in [0.05, 0.1) is 16.5 Å². The van der Waals surface area contributed by atoms with E-state index in [1.807, 2.05) is 0 Å². The number of nitro groups is 1. The van der Waals surface area contributed by atoms with Gasteiger partial charge in [0.2, 0.25) is 5.91 Å². The van der Waals surface area contributed by atoms with Gasteiger partial charge in [0.1, 0.15) is 11.3 Å². The molecule has 2 aromatic carbocycles. The van der Waals surface area contributed by atoms with E-state index >= 15 is 0 Å². The molecule has 0 unspecified atom stereocenters. The maximum atomic E-state index is 13.1. The quantitative estimate of drug-likeness (QED) is 0.509. The van der Waals surface area contributed by atoms with Gasteiger partial charge >= 0.3 is 0 Å². The van der Waals surface area contributed by atoms with Crippen LogP contribution in [-0.4, -0.2) is 39.7 Å². The zero-order chi connectivity index (χ0) is 22.0. The number of pyridine rings is 1. The highest BCUT2D eigenvalue weighted by Crippen LogP contribution is 2.30. The predicted octanol–water partition coefficient (Wildman–Crippen LogP) is 3.77. The minimum Gasteiger partial charge on any atom is -0.338 e. The number of rotatable bonds is 4. The fourth-order valence-corrected chi connectivity index (χ4v) is 3.80. The van der Waals surface area contributed by atoms with Crippen LogP contribution in [0.4, 0.5) is 15.8 Å². The minimum absolute atomic E-state index is 0.137. The van der Waals surface area contributed by atoms with Gasteiger partial charge in [-0.2, -0.15) is 0 Å². The highest BCUT2D eigenvalue weighted by Gasteiger charge is 2.29. The first-order chi connectivity index (χ1) is 14.9. The van der Waals surface area contributed by atoms with Crippen LogP contribution >= 0.6 is 0 Å². The van der Waals surface area contributed by atoms with Gasteiger partial charge in [-0.1, -0.05) is 0 Å². The van der Waals surface area contributed by atoms with Crippen molar-refractivity contribution in [3.8, 4) is 0 Å². The molecule has 0 bridgehead atoms. The predicted molar refractivity (Wildman–Crippen MR) is 112 cm³/mol. The summed E-state index contributed by atoms with van der Waals surface area (Å²) in [6.07, 6.45) is 2.73. The number of anilines is 1. The average molecular weight is 422 g/mol. The van der Waals surface area contributed by atoms with Gasteiger partial charge in [0.15, 0.2) is 0 Å². The topological polar surface area (TPSA) is 105 Å². The normalized spacial score (nSPS) is 16.2. The van der Waals surface area contributed by atoms with E-state index in [1.165, 1.54) is 42.6 Å². The molecule has 1 fully saturated rings. The van der Waals surface area contributed by atoms with E-state index in [4.69, 9.17) is 0 Å². The molecule has 31 heavy (non-hydrogen) atoms. The van der Waals surface area contributed by atoms with Crippen LogP contribution < -0.4 is 5.32 Å². The Kier molecular flexibility index (Phi) is 5.57. The Labute approximate surface area is 176 Å². The molecule has 0 spiro atoms. The first-order valence-electron chi connectivity index (χ1n) is 9.82. The van der Waals surface area contributed by atoms with Gasteiger partial charge in [-0.3, -0.25) is 19.7 Å². The molecule has 8 nitrogen and oxygen atoms in total. The molecule has 4 rings (SSSR count). The van der Waals surface area contributed by atoms with Crippen LogP contribution in [-0.2, 0) is 4.79 Å². The summed E-state index contributed by atoms with van der Waals surface area (Å²) in [7, 11) is 0. The number of hydrogen-bond acceptors (Lipinski definition) is 5. The summed E-state index contributed by atoms with van der Waals surface area (Å²) in [5, 5.41) is 14.6. The number of aromatic nitrogens is 1. The number of nitrogens with zero attached hydrogens (tertiary/aromatic N) is 3. The van der Waals surface area contributed by atoms with Crippen LogP contribution in [0, 0.1) is 21.8 Å². The highest BCUT2D eigenvalue weighted by atomic mass is 19.1. The van der Waals surface area contributed by atoms with Crippen LogP contribution in [0.5, 0.6) is 0 Å². The number of likely N-dealkylation sites (tertiary alicyclic amines) is 1. The van der Waals surface area contributed by atoms with E-state index in [2.05, 4.69) is 10.3 Å². The van der Waals surface area contributed by atoms with E-state index in [0.29, 0.717) is 36.0 Å². The van der Waals surface area contributed by atoms with Crippen molar-refractivity contribution in [2.24, 2.45) is 5.92 Å². The van der Waals surface area contributed by atoms with E-state index < -0.39 is 16.7 Å². The number of hydrogen-bond donors (Lipinski definition) is 1. The van der Waals surface area contributed by atoms with E-state index in [1.54, 1.807) is 17.0 Å². The zero-order valence-corrected chi connectivity index (χ0v) is 16.5. The Bertz CT molecular complexity index is 1170. The number of benzene rings is 2. The lowest BCUT2D eigenvalue weighted by Gasteiger charge is -2.32. The number of amides is 2. The minimum atomic E-state index is -0.513. The summed E-state index contributed by atoms with van der Waals surface area (Å²) < 4.78 is 13.1. The number of piperidine rings is 1. The van der Waals surface area contributed by atoms with Crippen molar-refractivity contribution < 1.29 is 18.9 Å². The summed E-state index contributed by atoms with van der Waals surface area (Å²) in [5.41, 5.74) is 0.861. The third-order valence-corrected chi connectivity index (χ3v) is 5.37. The number of nitrogens with one attached hydrogen (secondary N) is 1. The van der Waals surface area contributed by atoms with Gasteiger partial charge in [-0.25, -0.2) is 9.37 Å². The molecular formula is C22H19FN4O4. The molecule has 3 aromatic rings. The molecule has 1 N–H and O–H groups in total.